The summed E-state index contributed by atoms with van der Waals surface area (Å²) in [5.41, 5.74) is -2.06. The smallest absolute Gasteiger partial charge is 0.423 e. The summed E-state index contributed by atoms with van der Waals surface area (Å²) in [7, 11) is 1.28. The molecule has 0 amide bonds. The van der Waals surface area contributed by atoms with E-state index in [2.05, 4.69) is 4.89 Å². The predicted octanol–water partition coefficient (Wildman–Crippen LogP) is 3.50. The molecule has 6 heteroatoms. The van der Waals surface area contributed by atoms with Crippen LogP contribution < -0.4 is 9.62 Å². The number of ether oxygens (including phenoxy) is 1. The molecule has 0 heterocycles. The molecule has 20 heavy (non-hydrogen) atoms. The van der Waals surface area contributed by atoms with Crippen LogP contribution in [0.25, 0.3) is 0 Å². The van der Waals surface area contributed by atoms with Crippen molar-refractivity contribution in [2.24, 2.45) is 0 Å². The van der Waals surface area contributed by atoms with E-state index in [0.717, 1.165) is 0 Å². The first kappa shape index (κ1) is 14.6. The number of alkyl halides is 1. The van der Waals surface area contributed by atoms with Crippen LogP contribution in [0.5, 0.6) is 11.5 Å². The van der Waals surface area contributed by atoms with Crippen LogP contribution in [-0.4, -0.2) is 12.5 Å². The number of rotatable bonds is 7. The van der Waals surface area contributed by atoms with Gasteiger partial charge in [0.15, 0.2) is 5.75 Å². The minimum absolute atomic E-state index is 0.427. The largest absolute Gasteiger partial charge is 0.477 e. The van der Waals surface area contributed by atoms with E-state index in [4.69, 9.17) is 31.0 Å². The summed E-state index contributed by atoms with van der Waals surface area (Å²) in [6, 6.07) is 17.5. The van der Waals surface area contributed by atoms with E-state index in [1.807, 2.05) is 12.1 Å². The van der Waals surface area contributed by atoms with Crippen molar-refractivity contribution in [1.29, 1.82) is 0 Å². The van der Waals surface area contributed by atoms with E-state index in [1.54, 1.807) is 48.5 Å². The van der Waals surface area contributed by atoms with Gasteiger partial charge in [-0.15, -0.1) is 4.89 Å². The van der Waals surface area contributed by atoms with Gasteiger partial charge in [-0.3, -0.25) is 0 Å². The second-order valence-electron chi connectivity index (χ2n) is 3.63. The highest BCUT2D eigenvalue weighted by Crippen LogP contribution is 2.26. The molecule has 0 aliphatic carbocycles. The van der Waals surface area contributed by atoms with Gasteiger partial charge in [0.25, 0.3) is 0 Å². The lowest BCUT2D eigenvalue weighted by molar-refractivity contribution is -0.499. The Morgan fingerprint density at radius 3 is 1.90 bits per heavy atom. The highest BCUT2D eigenvalue weighted by atomic mass is 35.5. The molecule has 0 aliphatic heterocycles. The van der Waals surface area contributed by atoms with Crippen LogP contribution in [0.1, 0.15) is 0 Å². The van der Waals surface area contributed by atoms with Crippen LogP contribution in [-0.2, 0) is 14.7 Å². The van der Waals surface area contributed by atoms with Crippen molar-refractivity contribution >= 4 is 11.6 Å². The second-order valence-corrected chi connectivity index (χ2v) is 4.09. The predicted molar refractivity (Wildman–Crippen MR) is 71.9 cm³/mol. The van der Waals surface area contributed by atoms with Gasteiger partial charge < -0.3 is 9.62 Å². The Bertz CT molecular complexity index is 507. The second kappa shape index (κ2) is 7.12. The molecule has 0 N–H and O–H groups in total. The van der Waals surface area contributed by atoms with E-state index in [9.17, 15) is 0 Å². The number of halogens is 1. The maximum absolute atomic E-state index is 6.01. The molecule has 0 aliphatic rings. The van der Waals surface area contributed by atoms with Crippen LogP contribution in [0.4, 0.5) is 0 Å². The monoisotopic (exact) mass is 296 g/mol. The van der Waals surface area contributed by atoms with Crippen molar-refractivity contribution < 1.29 is 24.3 Å². The van der Waals surface area contributed by atoms with Gasteiger partial charge in [0, 0.05) is 0 Å². The lowest BCUT2D eigenvalue weighted by Crippen LogP contribution is -2.37. The van der Waals surface area contributed by atoms with Gasteiger partial charge in [-0.25, -0.2) is 4.89 Å². The van der Waals surface area contributed by atoms with Crippen LogP contribution in [0.3, 0.4) is 0 Å². The van der Waals surface area contributed by atoms with Crippen molar-refractivity contribution in [1.82, 2.24) is 0 Å². The summed E-state index contributed by atoms with van der Waals surface area (Å²) in [5, 5.41) is 0. The van der Waals surface area contributed by atoms with E-state index in [-0.39, 0.29) is 0 Å². The fraction of sp³-hybridized carbons (Fsp3) is 0.143. The highest BCUT2D eigenvalue weighted by molar-refractivity contribution is 6.21. The first-order valence-corrected chi connectivity index (χ1v) is 6.15. The van der Waals surface area contributed by atoms with Crippen LogP contribution >= 0.6 is 11.6 Å². The molecule has 0 fully saturated rings. The summed E-state index contributed by atoms with van der Waals surface area (Å²) in [6.07, 6.45) is 0. The van der Waals surface area contributed by atoms with Gasteiger partial charge in [0.05, 0.1) is 7.11 Å². The number of hydrogen-bond acceptors (Lipinski definition) is 5. The van der Waals surface area contributed by atoms with Crippen molar-refractivity contribution in [3.8, 4) is 11.5 Å². The number of para-hydroxylation sites is 2. The van der Waals surface area contributed by atoms with Crippen molar-refractivity contribution in [2.75, 3.05) is 7.11 Å². The molecule has 2 rings (SSSR count). The molecule has 0 bridgehead atoms. The molecule has 2 aromatic rings. The van der Waals surface area contributed by atoms with Crippen LogP contribution in [0.15, 0.2) is 60.7 Å². The molecule has 1 atom stereocenters. The minimum atomic E-state index is -2.06. The molecule has 0 saturated heterocycles. The quantitative estimate of drug-likeness (QED) is 0.339. The third kappa shape index (κ3) is 4.40. The molecule has 0 aromatic heterocycles. The first-order chi connectivity index (χ1) is 9.72. The van der Waals surface area contributed by atoms with E-state index >= 15 is 0 Å². The zero-order chi connectivity index (χ0) is 14.3. The van der Waals surface area contributed by atoms with Crippen molar-refractivity contribution in [3.63, 3.8) is 0 Å². The molecule has 0 radical (unpaired) electrons. The van der Waals surface area contributed by atoms with E-state index < -0.39 is 5.43 Å². The standard InChI is InChI=1S/C14H13ClO5/c1-16-19-14(15,17-12-8-4-2-5-9-12)20-18-13-10-6-3-7-11-13/h2-11H,1H3. The number of benzene rings is 2. The van der Waals surface area contributed by atoms with Gasteiger partial charge in [0.2, 0.25) is 0 Å². The summed E-state index contributed by atoms with van der Waals surface area (Å²) in [5.74, 6) is 0.866. The normalized spacial score (nSPS) is 13.5. The topological polar surface area (TPSA) is 46.2 Å². The van der Waals surface area contributed by atoms with Gasteiger partial charge in [0.1, 0.15) is 5.75 Å². The van der Waals surface area contributed by atoms with Gasteiger partial charge in [-0.05, 0) is 35.9 Å². The molecule has 2 aromatic carbocycles. The summed E-state index contributed by atoms with van der Waals surface area (Å²) < 4.78 is 5.34. The Kier molecular flexibility index (Phi) is 5.20. The molecule has 5 nitrogen and oxygen atoms in total. The lowest BCUT2D eigenvalue weighted by atomic mass is 10.3. The molecular formula is C14H13ClO5. The zero-order valence-corrected chi connectivity index (χ0v) is 11.4. The Hall–Kier alpha value is -1.79. The Labute approximate surface area is 121 Å². The van der Waals surface area contributed by atoms with Crippen molar-refractivity contribution in [2.45, 2.75) is 5.43 Å². The van der Waals surface area contributed by atoms with Crippen LogP contribution in [0.2, 0.25) is 0 Å². The van der Waals surface area contributed by atoms with Gasteiger partial charge in [-0.2, -0.15) is 0 Å². The molecule has 106 valence electrons. The molecule has 1 unspecified atom stereocenters. The average Bonchev–Trinajstić information content (AvgIpc) is 2.48. The molecule has 0 spiro atoms. The van der Waals surface area contributed by atoms with Crippen LogP contribution in [0, 0.1) is 0 Å². The maximum Gasteiger partial charge on any atom is 0.477 e. The zero-order valence-electron chi connectivity index (χ0n) is 10.7. The molecule has 0 saturated carbocycles. The van der Waals surface area contributed by atoms with E-state index in [1.165, 1.54) is 7.11 Å². The number of hydrogen-bond donors (Lipinski definition) is 0. The minimum Gasteiger partial charge on any atom is -0.423 e. The van der Waals surface area contributed by atoms with Gasteiger partial charge in [-0.1, -0.05) is 41.3 Å². The maximum atomic E-state index is 6.01. The molecular weight excluding hydrogens is 284 g/mol. The summed E-state index contributed by atoms with van der Waals surface area (Å²) in [6.45, 7) is 0. The summed E-state index contributed by atoms with van der Waals surface area (Å²) in [4.78, 5) is 19.2. The fourth-order valence-corrected chi connectivity index (χ4v) is 1.53. The van der Waals surface area contributed by atoms with E-state index in [0.29, 0.717) is 11.5 Å². The fourth-order valence-electron chi connectivity index (χ4n) is 1.35. The lowest BCUT2D eigenvalue weighted by Gasteiger charge is -2.23. The third-order valence-electron chi connectivity index (χ3n) is 2.15. The Balaban J connectivity index is 2.01. The highest BCUT2D eigenvalue weighted by Gasteiger charge is 2.37. The Morgan fingerprint density at radius 1 is 0.800 bits per heavy atom. The Morgan fingerprint density at radius 2 is 1.35 bits per heavy atom. The SMILES string of the molecule is COOC(Cl)(OOc1ccccc1)Oc1ccccc1. The average molecular weight is 297 g/mol. The van der Waals surface area contributed by atoms with Crippen molar-refractivity contribution in [3.05, 3.63) is 60.7 Å². The first-order valence-electron chi connectivity index (χ1n) is 5.77. The summed E-state index contributed by atoms with van der Waals surface area (Å²) >= 11 is 6.01. The van der Waals surface area contributed by atoms with Gasteiger partial charge >= 0.3 is 5.43 Å². The third-order valence-corrected chi connectivity index (χ3v) is 2.35.